The Morgan fingerprint density at radius 2 is 1.77 bits per heavy atom. The summed E-state index contributed by atoms with van der Waals surface area (Å²) in [5.74, 6) is -1.26. The molecule has 16 heteroatoms. The Kier molecular flexibility index (Phi) is 8.01. The maximum Gasteiger partial charge on any atom is 0.513 e. The molecular weight excluding hydrogens is 546 g/mol. The maximum atomic E-state index is 12.5. The van der Waals surface area contributed by atoms with Gasteiger partial charge in [-0.1, -0.05) is 23.7 Å². The zero-order chi connectivity index (χ0) is 28.3. The smallest absolute Gasteiger partial charge is 0.481 e. The van der Waals surface area contributed by atoms with Crippen molar-refractivity contribution in [3.8, 4) is 5.75 Å². The number of hydrogen-bond acceptors (Lipinski definition) is 12. The van der Waals surface area contributed by atoms with E-state index in [1.165, 1.54) is 0 Å². The third-order valence-electron chi connectivity index (χ3n) is 6.68. The van der Waals surface area contributed by atoms with Crippen LogP contribution in [0.15, 0.2) is 30.5 Å². The summed E-state index contributed by atoms with van der Waals surface area (Å²) in [5, 5.41) is 29.5. The predicted octanol–water partition coefficient (Wildman–Crippen LogP) is 3.59. The van der Waals surface area contributed by atoms with Gasteiger partial charge in [0.05, 0.1) is 24.3 Å². The zero-order valence-corrected chi connectivity index (χ0v) is 21.1. The van der Waals surface area contributed by atoms with E-state index >= 15 is 0 Å². The number of fused-ring (bicyclic) bond motifs is 1. The van der Waals surface area contributed by atoms with E-state index in [1.54, 1.807) is 37.4 Å². The third kappa shape index (κ3) is 6.09. The number of carboxylic acids is 1. The molecule has 1 saturated carbocycles. The molecule has 208 valence electrons. The number of rotatable bonds is 10. The minimum absolute atomic E-state index is 0.131. The molecule has 1 N–H and O–H groups in total. The van der Waals surface area contributed by atoms with Gasteiger partial charge >= 0.3 is 12.1 Å². The molecule has 2 unspecified atom stereocenters. The Balaban J connectivity index is 1.42. The molecule has 0 saturated heterocycles. The van der Waals surface area contributed by atoms with Crippen LogP contribution in [-0.2, 0) is 30.6 Å². The Morgan fingerprint density at radius 3 is 2.33 bits per heavy atom. The van der Waals surface area contributed by atoms with E-state index < -0.39 is 65.5 Å². The van der Waals surface area contributed by atoms with E-state index in [0.717, 1.165) is 5.56 Å². The summed E-state index contributed by atoms with van der Waals surface area (Å²) in [7, 11) is 0. The summed E-state index contributed by atoms with van der Waals surface area (Å²) in [6, 6.07) is 7.06. The second-order valence-corrected chi connectivity index (χ2v) is 9.46. The number of benzene rings is 1. The highest BCUT2D eigenvalue weighted by Gasteiger charge is 2.53. The molecule has 0 spiro atoms. The fraction of sp³-hybridized carbons (Fsp3) is 0.435. The van der Waals surface area contributed by atoms with Crippen molar-refractivity contribution in [2.45, 2.75) is 51.1 Å². The monoisotopic (exact) mass is 567 g/mol. The number of nitrogens with zero attached hydrogens (tertiary/aromatic N) is 3. The van der Waals surface area contributed by atoms with Crippen molar-refractivity contribution in [1.82, 2.24) is 4.98 Å². The lowest BCUT2D eigenvalue weighted by Gasteiger charge is -2.23. The van der Waals surface area contributed by atoms with Gasteiger partial charge in [0.1, 0.15) is 18.3 Å². The number of pyridine rings is 1. The molecule has 1 aromatic heterocycles. The molecule has 1 fully saturated rings. The van der Waals surface area contributed by atoms with Gasteiger partial charge < -0.3 is 29.0 Å². The minimum atomic E-state index is -1.74. The van der Waals surface area contributed by atoms with Crippen LogP contribution in [0.25, 0.3) is 0 Å². The third-order valence-corrected chi connectivity index (χ3v) is 6.93. The van der Waals surface area contributed by atoms with Gasteiger partial charge in [0.2, 0.25) is 0 Å². The molecule has 4 rings (SSSR count). The number of aromatic nitrogens is 1. The second-order valence-electron chi connectivity index (χ2n) is 9.03. The molecule has 1 aliphatic heterocycles. The van der Waals surface area contributed by atoms with E-state index in [0.29, 0.717) is 21.8 Å². The Hall–Kier alpha value is -4.24. The van der Waals surface area contributed by atoms with E-state index in [2.05, 4.69) is 14.7 Å². The highest BCUT2D eigenvalue weighted by molar-refractivity contribution is 6.30. The van der Waals surface area contributed by atoms with Crippen molar-refractivity contribution in [3.05, 3.63) is 78.1 Å². The Bertz CT molecular complexity index is 1260. The maximum absolute atomic E-state index is 12.5. The molecular formula is C23H22ClN3O12. The normalized spacial score (nSPS) is 23.5. The largest absolute Gasteiger partial charge is 0.513 e. The lowest BCUT2D eigenvalue weighted by atomic mass is 9.83. The van der Waals surface area contributed by atoms with Crippen LogP contribution in [-0.4, -0.2) is 51.2 Å². The van der Waals surface area contributed by atoms with Gasteiger partial charge in [0.15, 0.2) is 5.75 Å². The molecule has 0 radical (unpaired) electrons. The summed E-state index contributed by atoms with van der Waals surface area (Å²) >= 11 is 5.96. The van der Waals surface area contributed by atoms with Crippen LogP contribution in [0, 0.1) is 32.6 Å². The average molecular weight is 568 g/mol. The summed E-state index contributed by atoms with van der Waals surface area (Å²) in [4.78, 5) is 59.2. The first kappa shape index (κ1) is 27.8. The van der Waals surface area contributed by atoms with Crippen molar-refractivity contribution in [2.75, 3.05) is 6.61 Å². The summed E-state index contributed by atoms with van der Waals surface area (Å²) in [6.07, 6.45) is -4.25. The number of carbonyl (C=O) groups excluding carboxylic acids is 1. The van der Waals surface area contributed by atoms with Crippen LogP contribution in [0.3, 0.4) is 0 Å². The van der Waals surface area contributed by atoms with Gasteiger partial charge in [-0.2, -0.15) is 0 Å². The standard InChI is InChI=1S/C23H22ClN3O12/c1-12-19(16-11-36-20(15(16)10-25-12)13-2-4-14(24)5-3-13)37-22(30)35-7-6-23(21(28)29)8-17(38-26(31)32)18(9-23)39-27(33)34/h2-5,10,17-18,20H,6-9,11H2,1H3,(H,28,29)/t17?,18?,20-,23?/m1/s1. The van der Waals surface area contributed by atoms with Crippen LogP contribution >= 0.6 is 11.6 Å². The second kappa shape index (κ2) is 11.2. The minimum Gasteiger partial charge on any atom is -0.481 e. The number of carbonyl (C=O) groups is 2. The fourth-order valence-electron chi connectivity index (χ4n) is 4.81. The van der Waals surface area contributed by atoms with Crippen molar-refractivity contribution in [3.63, 3.8) is 0 Å². The molecule has 1 aliphatic carbocycles. The van der Waals surface area contributed by atoms with Crippen LogP contribution in [0.4, 0.5) is 4.79 Å². The van der Waals surface area contributed by atoms with Crippen molar-refractivity contribution in [1.29, 1.82) is 0 Å². The molecule has 15 nitrogen and oxygen atoms in total. The quantitative estimate of drug-likeness (QED) is 0.248. The Morgan fingerprint density at radius 1 is 1.15 bits per heavy atom. The lowest BCUT2D eigenvalue weighted by molar-refractivity contribution is -0.797. The number of hydrogen-bond donors (Lipinski definition) is 1. The SMILES string of the molecule is Cc1ncc2c(c1OC(=O)OCCC1(C(=O)O)CC(O[N+](=O)[O-])C(O[N+](=O)[O-])C1)CO[C@@H]2c1ccc(Cl)cc1. The fourth-order valence-corrected chi connectivity index (χ4v) is 4.93. The molecule has 1 aromatic carbocycles. The van der Waals surface area contributed by atoms with Crippen molar-refractivity contribution in [2.24, 2.45) is 5.41 Å². The van der Waals surface area contributed by atoms with Gasteiger partial charge in [-0.25, -0.2) is 4.79 Å². The van der Waals surface area contributed by atoms with E-state index in [9.17, 15) is 34.9 Å². The van der Waals surface area contributed by atoms with E-state index in [-0.39, 0.29) is 18.8 Å². The van der Waals surface area contributed by atoms with Crippen molar-refractivity contribution >= 4 is 23.7 Å². The molecule has 2 heterocycles. The van der Waals surface area contributed by atoms with Crippen LogP contribution in [0.1, 0.15) is 47.8 Å². The first-order valence-corrected chi connectivity index (χ1v) is 11.9. The van der Waals surface area contributed by atoms with E-state index in [1.807, 2.05) is 0 Å². The van der Waals surface area contributed by atoms with Crippen LogP contribution in [0.2, 0.25) is 5.02 Å². The average Bonchev–Trinajstić information content (AvgIpc) is 3.43. The molecule has 2 aliphatic rings. The molecule has 0 amide bonds. The lowest BCUT2D eigenvalue weighted by Crippen LogP contribution is -2.31. The van der Waals surface area contributed by atoms with E-state index in [4.69, 9.17) is 25.8 Å². The van der Waals surface area contributed by atoms with Crippen LogP contribution in [0.5, 0.6) is 5.75 Å². The number of ether oxygens (including phenoxy) is 3. The number of aliphatic carboxylic acids is 1. The summed E-state index contributed by atoms with van der Waals surface area (Å²) < 4.78 is 16.4. The van der Waals surface area contributed by atoms with Crippen molar-refractivity contribution < 1.29 is 48.8 Å². The number of aryl methyl sites for hydroxylation is 1. The van der Waals surface area contributed by atoms with Gasteiger partial charge in [-0.3, -0.25) is 9.78 Å². The highest BCUT2D eigenvalue weighted by atomic mass is 35.5. The highest BCUT2D eigenvalue weighted by Crippen LogP contribution is 2.45. The molecule has 2 aromatic rings. The first-order valence-electron chi connectivity index (χ1n) is 11.5. The number of carboxylic acid groups (broad SMARTS) is 1. The predicted molar refractivity (Wildman–Crippen MR) is 127 cm³/mol. The molecule has 0 bridgehead atoms. The van der Waals surface area contributed by atoms with Crippen LogP contribution < -0.4 is 4.74 Å². The zero-order valence-electron chi connectivity index (χ0n) is 20.3. The van der Waals surface area contributed by atoms with Gasteiger partial charge in [0, 0.05) is 22.3 Å². The Labute approximate surface area is 224 Å². The first-order chi connectivity index (χ1) is 18.5. The van der Waals surface area contributed by atoms with Gasteiger partial charge in [-0.05, 0) is 43.9 Å². The van der Waals surface area contributed by atoms with Gasteiger partial charge in [0.25, 0.3) is 10.2 Å². The van der Waals surface area contributed by atoms with Gasteiger partial charge in [-0.15, -0.1) is 20.2 Å². The summed E-state index contributed by atoms with van der Waals surface area (Å²) in [6.45, 7) is 1.29. The molecule has 3 atom stereocenters. The number of halogens is 1. The molecule has 39 heavy (non-hydrogen) atoms. The summed E-state index contributed by atoms with van der Waals surface area (Å²) in [5.41, 5.74) is 0.758. The topological polar surface area (TPSA) is 200 Å².